The van der Waals surface area contributed by atoms with Crippen LogP contribution in [-0.2, 0) is 0 Å². The number of pyridine rings is 1. The number of aromatic nitrogens is 1. The largest absolute Gasteiger partial charge is 0.440 e. The minimum Gasteiger partial charge on any atom is -0.440 e. The van der Waals surface area contributed by atoms with Gasteiger partial charge in [0.2, 0.25) is 5.88 Å². The molecular formula is C15H12N3O3+. The Balaban J connectivity index is 2.32. The number of aromatic amines is 1. The van der Waals surface area contributed by atoms with Crippen molar-refractivity contribution in [2.75, 3.05) is 0 Å². The molecule has 0 fully saturated rings. The van der Waals surface area contributed by atoms with E-state index < -0.39 is 11.5 Å². The van der Waals surface area contributed by atoms with Crippen LogP contribution >= 0.6 is 0 Å². The molecule has 104 valence electrons. The molecule has 2 aromatic heterocycles. The molecule has 6 nitrogen and oxygen atoms in total. The molecule has 0 radical (unpaired) electrons. The summed E-state index contributed by atoms with van der Waals surface area (Å²) >= 11 is 0. The molecule has 0 spiro atoms. The van der Waals surface area contributed by atoms with E-state index in [0.29, 0.717) is 11.5 Å². The fourth-order valence-electron chi connectivity index (χ4n) is 2.44. The molecule has 21 heavy (non-hydrogen) atoms. The maximum Gasteiger partial charge on any atom is 0.343 e. The summed E-state index contributed by atoms with van der Waals surface area (Å²) in [4.78, 5) is 15.1. The molecule has 3 N–H and O–H groups in total. The van der Waals surface area contributed by atoms with Crippen molar-refractivity contribution in [1.82, 2.24) is 0 Å². The quantitative estimate of drug-likeness (QED) is 0.839. The van der Waals surface area contributed by atoms with Crippen molar-refractivity contribution in [3.8, 4) is 11.8 Å². The lowest BCUT2D eigenvalue weighted by atomic mass is 9.85. The first kappa shape index (κ1) is 12.9. The first-order chi connectivity index (χ1) is 10.1. The highest BCUT2D eigenvalue weighted by Crippen LogP contribution is 2.39. The van der Waals surface area contributed by atoms with Crippen LogP contribution in [0.25, 0.3) is 0 Å². The highest BCUT2D eigenvalue weighted by atomic mass is 16.5. The van der Waals surface area contributed by atoms with Crippen molar-refractivity contribution >= 4 is 0 Å². The van der Waals surface area contributed by atoms with Gasteiger partial charge in [0.15, 0.2) is 12.4 Å². The number of aryl methyl sites for hydroxylation is 1. The number of nitriles is 1. The van der Waals surface area contributed by atoms with Gasteiger partial charge in [-0.15, -0.1) is 0 Å². The first-order valence-electron chi connectivity index (χ1n) is 6.30. The average Bonchev–Trinajstić information content (AvgIpc) is 2.46. The summed E-state index contributed by atoms with van der Waals surface area (Å²) in [6, 6.07) is 7.20. The molecule has 3 heterocycles. The van der Waals surface area contributed by atoms with Gasteiger partial charge in [0, 0.05) is 17.7 Å². The van der Waals surface area contributed by atoms with Crippen LogP contribution in [0.2, 0.25) is 0 Å². The Morgan fingerprint density at radius 3 is 2.95 bits per heavy atom. The zero-order chi connectivity index (χ0) is 15.0. The van der Waals surface area contributed by atoms with E-state index in [-0.39, 0.29) is 17.0 Å². The van der Waals surface area contributed by atoms with Crippen LogP contribution in [0.15, 0.2) is 51.3 Å². The Morgan fingerprint density at radius 2 is 2.29 bits per heavy atom. The number of hydrogen-bond donors (Lipinski definition) is 1. The topological polar surface area (TPSA) is 103 Å². The standard InChI is InChI=1S/C15H11N3O3/c1-8-5-11-13(15(19)20-8)12(9-3-2-4-18-7-9)10(6-16)14(17)21-11/h2-5,7,12H,17H2,1H3/p+1. The third kappa shape index (κ3) is 2.05. The molecular weight excluding hydrogens is 270 g/mol. The van der Waals surface area contributed by atoms with Gasteiger partial charge in [-0.25, -0.2) is 9.78 Å². The average molecular weight is 282 g/mol. The third-order valence-electron chi connectivity index (χ3n) is 3.32. The van der Waals surface area contributed by atoms with Crippen LogP contribution in [0.1, 0.15) is 22.8 Å². The second-order valence-electron chi connectivity index (χ2n) is 4.68. The SMILES string of the molecule is Cc1cc2c(c(=O)o1)C(c1ccc[nH+]c1)C(C#N)=C(N)O2. The Morgan fingerprint density at radius 1 is 1.48 bits per heavy atom. The summed E-state index contributed by atoms with van der Waals surface area (Å²) in [7, 11) is 0. The zero-order valence-electron chi connectivity index (χ0n) is 11.2. The molecule has 0 aliphatic carbocycles. The van der Waals surface area contributed by atoms with E-state index in [9.17, 15) is 10.1 Å². The molecule has 6 heteroatoms. The van der Waals surface area contributed by atoms with Crippen LogP contribution in [0.3, 0.4) is 0 Å². The lowest BCUT2D eigenvalue weighted by molar-refractivity contribution is -0.378. The molecule has 1 aliphatic heterocycles. The van der Waals surface area contributed by atoms with Crippen molar-refractivity contribution in [1.29, 1.82) is 5.26 Å². The lowest BCUT2D eigenvalue weighted by Gasteiger charge is -2.24. The minimum absolute atomic E-state index is 0.00357. The fraction of sp³-hybridized carbons (Fsp3) is 0.133. The zero-order valence-corrected chi connectivity index (χ0v) is 11.2. The predicted molar refractivity (Wildman–Crippen MR) is 72.0 cm³/mol. The van der Waals surface area contributed by atoms with Crippen LogP contribution < -0.4 is 21.1 Å². The molecule has 2 aromatic rings. The van der Waals surface area contributed by atoms with Crippen molar-refractivity contribution in [2.24, 2.45) is 5.73 Å². The summed E-state index contributed by atoms with van der Waals surface area (Å²) in [6.45, 7) is 1.65. The van der Waals surface area contributed by atoms with E-state index in [1.165, 1.54) is 0 Å². The van der Waals surface area contributed by atoms with Gasteiger partial charge >= 0.3 is 5.63 Å². The van der Waals surface area contributed by atoms with Gasteiger partial charge in [-0.1, -0.05) is 0 Å². The van der Waals surface area contributed by atoms with Gasteiger partial charge in [0.05, 0.1) is 11.5 Å². The smallest absolute Gasteiger partial charge is 0.343 e. The second kappa shape index (κ2) is 4.80. The van der Waals surface area contributed by atoms with E-state index in [1.54, 1.807) is 37.5 Å². The number of nitrogens with one attached hydrogen (secondary N) is 1. The molecule has 0 bridgehead atoms. The van der Waals surface area contributed by atoms with Gasteiger partial charge in [-0.05, 0) is 13.0 Å². The van der Waals surface area contributed by atoms with E-state index >= 15 is 0 Å². The van der Waals surface area contributed by atoms with Crippen LogP contribution in [0, 0.1) is 18.3 Å². The highest BCUT2D eigenvalue weighted by Gasteiger charge is 2.35. The molecule has 1 atom stereocenters. The molecule has 1 aliphatic rings. The van der Waals surface area contributed by atoms with E-state index in [0.717, 1.165) is 5.56 Å². The number of ether oxygens (including phenoxy) is 1. The summed E-state index contributed by atoms with van der Waals surface area (Å²) in [6.07, 6.45) is 3.45. The number of rotatable bonds is 1. The van der Waals surface area contributed by atoms with Gasteiger partial charge in [-0.2, -0.15) is 5.26 Å². The molecule has 1 unspecified atom stereocenters. The van der Waals surface area contributed by atoms with E-state index in [4.69, 9.17) is 14.9 Å². The van der Waals surface area contributed by atoms with Gasteiger partial charge in [-0.3, -0.25) is 0 Å². The maximum absolute atomic E-state index is 12.2. The summed E-state index contributed by atoms with van der Waals surface area (Å²) in [5.74, 6) is 0.149. The van der Waals surface area contributed by atoms with Crippen molar-refractivity contribution < 1.29 is 14.1 Å². The summed E-state index contributed by atoms with van der Waals surface area (Å²) in [5.41, 5.74) is 6.51. The molecule has 0 amide bonds. The van der Waals surface area contributed by atoms with Crippen molar-refractivity contribution in [2.45, 2.75) is 12.8 Å². The monoisotopic (exact) mass is 282 g/mol. The Labute approximate surface area is 120 Å². The van der Waals surface area contributed by atoms with Gasteiger partial charge in [0.25, 0.3) is 0 Å². The third-order valence-corrected chi connectivity index (χ3v) is 3.32. The number of hydrogen-bond acceptors (Lipinski definition) is 5. The Bertz CT molecular complexity index is 831. The predicted octanol–water partition coefficient (Wildman–Crippen LogP) is 0.980. The highest BCUT2D eigenvalue weighted by molar-refractivity contribution is 5.53. The van der Waals surface area contributed by atoms with Gasteiger partial charge < -0.3 is 14.9 Å². The summed E-state index contributed by atoms with van der Waals surface area (Å²) < 4.78 is 10.6. The van der Waals surface area contributed by atoms with Crippen molar-refractivity contribution in [3.63, 3.8) is 0 Å². The second-order valence-corrected chi connectivity index (χ2v) is 4.68. The minimum atomic E-state index is -0.604. The molecule has 0 saturated heterocycles. The Kier molecular flexibility index (Phi) is 2.95. The first-order valence-corrected chi connectivity index (χ1v) is 6.30. The van der Waals surface area contributed by atoms with Crippen LogP contribution in [0.4, 0.5) is 0 Å². The lowest BCUT2D eigenvalue weighted by Crippen LogP contribution is -2.26. The summed E-state index contributed by atoms with van der Waals surface area (Å²) in [5, 5.41) is 9.35. The number of nitrogens with two attached hydrogens (primary N) is 1. The van der Waals surface area contributed by atoms with Crippen LogP contribution in [-0.4, -0.2) is 0 Å². The van der Waals surface area contributed by atoms with Crippen LogP contribution in [0.5, 0.6) is 5.75 Å². The van der Waals surface area contributed by atoms with E-state index in [1.807, 2.05) is 6.07 Å². The fourth-order valence-corrected chi connectivity index (χ4v) is 2.44. The Hall–Kier alpha value is -3.07. The number of nitrogens with zero attached hydrogens (tertiary/aromatic N) is 1. The maximum atomic E-state index is 12.2. The number of fused-ring (bicyclic) bond motifs is 1. The number of allylic oxidation sites excluding steroid dienone is 1. The van der Waals surface area contributed by atoms with Crippen molar-refractivity contribution in [3.05, 3.63) is 69.4 Å². The molecule has 3 rings (SSSR count). The normalized spacial score (nSPS) is 16.9. The molecule has 0 aromatic carbocycles. The molecule has 0 saturated carbocycles. The number of H-pyrrole nitrogens is 1. The van der Waals surface area contributed by atoms with Gasteiger partial charge in [0.1, 0.15) is 23.2 Å². The van der Waals surface area contributed by atoms with E-state index in [2.05, 4.69) is 4.98 Å².